The molecule has 0 radical (unpaired) electrons. The van der Waals surface area contributed by atoms with E-state index in [0.717, 1.165) is 12.1 Å². The number of hydrogen-bond donors (Lipinski definition) is 0. The van der Waals surface area contributed by atoms with Crippen molar-refractivity contribution in [1.82, 2.24) is 19.6 Å². The number of hydrogen-bond acceptors (Lipinski definition) is 4. The number of carbonyl (C=O) groups excluding carboxylic acids is 2. The van der Waals surface area contributed by atoms with Crippen molar-refractivity contribution >= 4 is 11.8 Å². The van der Waals surface area contributed by atoms with Gasteiger partial charge in [-0.05, 0) is 18.4 Å². The summed E-state index contributed by atoms with van der Waals surface area (Å²) in [6.45, 7) is 7.22. The van der Waals surface area contributed by atoms with Gasteiger partial charge in [0.1, 0.15) is 6.07 Å². The normalized spacial score (nSPS) is 20.9. The lowest BCUT2D eigenvalue weighted by Crippen LogP contribution is -2.37. The van der Waals surface area contributed by atoms with Gasteiger partial charge in [0.15, 0.2) is 5.69 Å². The van der Waals surface area contributed by atoms with Gasteiger partial charge in [0.25, 0.3) is 0 Å². The first-order valence-electron chi connectivity index (χ1n) is 8.51. The van der Waals surface area contributed by atoms with Crippen molar-refractivity contribution in [2.45, 2.75) is 39.8 Å². The first-order chi connectivity index (χ1) is 11.5. The third-order valence-electron chi connectivity index (χ3n) is 4.59. The maximum atomic E-state index is 12.9. The fourth-order valence-corrected chi connectivity index (χ4v) is 3.52. The molecule has 7 heteroatoms. The van der Waals surface area contributed by atoms with E-state index in [2.05, 4.69) is 18.9 Å². The van der Waals surface area contributed by atoms with E-state index >= 15 is 0 Å². The summed E-state index contributed by atoms with van der Waals surface area (Å²) in [4.78, 5) is 28.6. The van der Waals surface area contributed by atoms with Gasteiger partial charge in [0, 0.05) is 32.6 Å². The molecule has 1 fully saturated rings. The first-order valence-corrected chi connectivity index (χ1v) is 8.51. The zero-order valence-electron chi connectivity index (χ0n) is 14.2. The number of fused-ring (bicyclic) bond motifs is 1. The Bertz CT molecular complexity index is 688. The molecule has 0 unspecified atom stereocenters. The fourth-order valence-electron chi connectivity index (χ4n) is 3.52. The van der Waals surface area contributed by atoms with Crippen LogP contribution in [0.4, 0.5) is 0 Å². The molecule has 0 bridgehead atoms. The zero-order valence-corrected chi connectivity index (χ0v) is 14.2. The minimum atomic E-state index is -0.249. The summed E-state index contributed by atoms with van der Waals surface area (Å²) in [6, 6.07) is 3.79. The molecule has 1 aromatic rings. The van der Waals surface area contributed by atoms with Crippen LogP contribution in [0.2, 0.25) is 0 Å². The van der Waals surface area contributed by atoms with Crippen molar-refractivity contribution < 1.29 is 9.59 Å². The summed E-state index contributed by atoms with van der Waals surface area (Å²) in [5.41, 5.74) is 1.28. The van der Waals surface area contributed by atoms with Gasteiger partial charge in [-0.1, -0.05) is 13.8 Å². The quantitative estimate of drug-likeness (QED) is 0.828. The number of likely N-dealkylation sites (tertiary alicyclic amines) is 1. The molecule has 7 nitrogen and oxygen atoms in total. The summed E-state index contributed by atoms with van der Waals surface area (Å²) in [6.07, 6.45) is 1.12. The van der Waals surface area contributed by atoms with Crippen LogP contribution in [0.25, 0.3) is 0 Å². The van der Waals surface area contributed by atoms with Crippen LogP contribution < -0.4 is 0 Å². The number of rotatable bonds is 3. The highest BCUT2D eigenvalue weighted by atomic mass is 16.2. The van der Waals surface area contributed by atoms with E-state index in [1.165, 1.54) is 0 Å². The maximum Gasteiger partial charge on any atom is 0.228 e. The molecule has 2 amide bonds. The van der Waals surface area contributed by atoms with Gasteiger partial charge in [0.05, 0.1) is 18.2 Å². The number of amides is 2. The molecule has 0 saturated carbocycles. The highest BCUT2D eigenvalue weighted by Crippen LogP contribution is 2.23. The second-order valence-corrected chi connectivity index (χ2v) is 7.06. The van der Waals surface area contributed by atoms with E-state index in [-0.39, 0.29) is 17.7 Å². The summed E-state index contributed by atoms with van der Waals surface area (Å²) in [7, 11) is 0. The molecule has 1 saturated heterocycles. The molecule has 2 aliphatic heterocycles. The summed E-state index contributed by atoms with van der Waals surface area (Å²) >= 11 is 0. The smallest absolute Gasteiger partial charge is 0.228 e. The lowest BCUT2D eigenvalue weighted by molar-refractivity contribution is -0.136. The van der Waals surface area contributed by atoms with E-state index in [4.69, 9.17) is 5.26 Å². The van der Waals surface area contributed by atoms with Gasteiger partial charge in [-0.25, -0.2) is 0 Å². The number of nitriles is 1. The molecule has 0 spiro atoms. The van der Waals surface area contributed by atoms with E-state index in [9.17, 15) is 9.59 Å². The van der Waals surface area contributed by atoms with Crippen molar-refractivity contribution in [2.24, 2.45) is 11.8 Å². The summed E-state index contributed by atoms with van der Waals surface area (Å²) in [5, 5.41) is 13.2. The largest absolute Gasteiger partial charge is 0.342 e. The third-order valence-corrected chi connectivity index (χ3v) is 4.59. The SMILES string of the molecule is CC(C)CN1C[C@@H](C(=O)N2CCCn3nc(C#N)cc3C2)CC1=O. The maximum absolute atomic E-state index is 12.9. The van der Waals surface area contributed by atoms with Crippen molar-refractivity contribution in [2.75, 3.05) is 19.6 Å². The molecule has 0 N–H and O–H groups in total. The van der Waals surface area contributed by atoms with Crippen LogP contribution >= 0.6 is 0 Å². The molecule has 3 rings (SSSR count). The Hall–Kier alpha value is -2.36. The Kier molecular flexibility index (Phi) is 4.56. The van der Waals surface area contributed by atoms with Gasteiger partial charge >= 0.3 is 0 Å². The van der Waals surface area contributed by atoms with Crippen molar-refractivity contribution in [1.29, 1.82) is 5.26 Å². The lowest BCUT2D eigenvalue weighted by atomic mass is 10.1. The highest BCUT2D eigenvalue weighted by Gasteiger charge is 2.37. The molecule has 1 aromatic heterocycles. The van der Waals surface area contributed by atoms with E-state index < -0.39 is 0 Å². The Morgan fingerprint density at radius 2 is 2.25 bits per heavy atom. The molecule has 24 heavy (non-hydrogen) atoms. The molecule has 0 aliphatic carbocycles. The standard InChI is InChI=1S/C17H23N5O2/c1-12(2)9-21-10-13(6-16(21)23)17(24)20-4-3-5-22-15(11-20)7-14(8-18)19-22/h7,12-13H,3-6,9-11H2,1-2H3/t13-/m0/s1. The molecule has 128 valence electrons. The molecule has 3 heterocycles. The predicted molar refractivity (Wildman–Crippen MR) is 86.5 cm³/mol. The Labute approximate surface area is 141 Å². The lowest BCUT2D eigenvalue weighted by Gasteiger charge is -2.24. The van der Waals surface area contributed by atoms with Crippen LogP contribution in [0.5, 0.6) is 0 Å². The highest BCUT2D eigenvalue weighted by molar-refractivity contribution is 5.89. The van der Waals surface area contributed by atoms with Crippen LogP contribution in [-0.4, -0.2) is 51.0 Å². The number of aryl methyl sites for hydroxylation is 1. The van der Waals surface area contributed by atoms with Gasteiger partial charge in [-0.15, -0.1) is 0 Å². The first kappa shape index (κ1) is 16.5. The second-order valence-electron chi connectivity index (χ2n) is 7.06. The van der Waals surface area contributed by atoms with Gasteiger partial charge in [0.2, 0.25) is 11.8 Å². The average molecular weight is 329 g/mol. The molecular formula is C17H23N5O2. The fraction of sp³-hybridized carbons (Fsp3) is 0.647. The molecular weight excluding hydrogens is 306 g/mol. The van der Waals surface area contributed by atoms with E-state index in [1.54, 1.807) is 6.07 Å². The van der Waals surface area contributed by atoms with Crippen LogP contribution in [0.3, 0.4) is 0 Å². The second kappa shape index (κ2) is 6.63. The minimum absolute atomic E-state index is 0.0442. The van der Waals surface area contributed by atoms with Crippen molar-refractivity contribution in [3.63, 3.8) is 0 Å². The monoisotopic (exact) mass is 329 g/mol. The van der Waals surface area contributed by atoms with Crippen LogP contribution in [0.1, 0.15) is 38.1 Å². The Morgan fingerprint density at radius 1 is 1.46 bits per heavy atom. The van der Waals surface area contributed by atoms with Crippen LogP contribution in [0.15, 0.2) is 6.07 Å². The van der Waals surface area contributed by atoms with Crippen LogP contribution in [-0.2, 0) is 22.7 Å². The summed E-state index contributed by atoms with van der Waals surface area (Å²) < 4.78 is 1.82. The molecule has 1 atom stereocenters. The van der Waals surface area contributed by atoms with E-state index in [0.29, 0.717) is 50.8 Å². The third kappa shape index (κ3) is 3.28. The van der Waals surface area contributed by atoms with Crippen molar-refractivity contribution in [3.05, 3.63) is 17.5 Å². The Balaban J connectivity index is 1.69. The average Bonchev–Trinajstić information content (AvgIpc) is 3.03. The zero-order chi connectivity index (χ0) is 17.3. The van der Waals surface area contributed by atoms with Gasteiger partial charge < -0.3 is 9.80 Å². The van der Waals surface area contributed by atoms with Gasteiger partial charge in [-0.3, -0.25) is 14.3 Å². The van der Waals surface area contributed by atoms with Crippen molar-refractivity contribution in [3.8, 4) is 6.07 Å². The van der Waals surface area contributed by atoms with Gasteiger partial charge in [-0.2, -0.15) is 10.4 Å². The number of aromatic nitrogens is 2. The molecule has 2 aliphatic rings. The predicted octanol–water partition coefficient (Wildman–Crippen LogP) is 0.992. The molecule has 0 aromatic carbocycles. The number of carbonyl (C=O) groups is 2. The number of nitrogens with zero attached hydrogens (tertiary/aromatic N) is 5. The Morgan fingerprint density at radius 3 is 2.96 bits per heavy atom. The van der Waals surface area contributed by atoms with E-state index in [1.807, 2.05) is 20.6 Å². The topological polar surface area (TPSA) is 82.2 Å². The minimum Gasteiger partial charge on any atom is -0.342 e. The summed E-state index contributed by atoms with van der Waals surface area (Å²) in [5.74, 6) is 0.275. The van der Waals surface area contributed by atoms with Crippen LogP contribution in [0, 0.1) is 23.2 Å².